The van der Waals surface area contributed by atoms with E-state index in [1.165, 1.54) is 0 Å². The number of pyridine rings is 1. The molecule has 3 aromatic rings. The van der Waals surface area contributed by atoms with Gasteiger partial charge in [-0.15, -0.1) is 24.0 Å². The molecule has 0 aliphatic heterocycles. The van der Waals surface area contributed by atoms with Crippen LogP contribution in [0.15, 0.2) is 65.8 Å². The van der Waals surface area contributed by atoms with E-state index in [0.29, 0.717) is 19.0 Å². The number of nitrogens with one attached hydrogen (secondary N) is 2. The topological polar surface area (TPSA) is 67.8 Å². The molecule has 1 heterocycles. The lowest BCUT2D eigenvalue weighted by Crippen LogP contribution is -2.41. The first-order valence-corrected chi connectivity index (χ1v) is 9.27. The van der Waals surface area contributed by atoms with Crippen molar-refractivity contribution < 1.29 is 9.47 Å². The Morgan fingerprint density at radius 3 is 2.62 bits per heavy atom. The third kappa shape index (κ3) is 6.49. The summed E-state index contributed by atoms with van der Waals surface area (Å²) in [5.74, 6) is 2.27. The van der Waals surface area contributed by atoms with Gasteiger partial charge in [-0.2, -0.15) is 0 Å². The number of halogens is 1. The van der Waals surface area contributed by atoms with Crippen LogP contribution in [0.5, 0.6) is 11.5 Å². The highest BCUT2D eigenvalue weighted by Crippen LogP contribution is 2.19. The largest absolute Gasteiger partial charge is 0.497 e. The van der Waals surface area contributed by atoms with Crippen molar-refractivity contribution >= 4 is 40.8 Å². The molecular weight excluding hydrogens is 479 g/mol. The van der Waals surface area contributed by atoms with Crippen molar-refractivity contribution in [3.63, 3.8) is 0 Å². The molecule has 1 atom stereocenters. The Morgan fingerprint density at radius 2 is 1.83 bits per heavy atom. The second-order valence-corrected chi connectivity index (χ2v) is 6.41. The zero-order valence-electron chi connectivity index (χ0n) is 16.9. The number of fused-ring (bicyclic) bond motifs is 1. The van der Waals surface area contributed by atoms with Crippen molar-refractivity contribution in [2.24, 2.45) is 4.99 Å². The first-order chi connectivity index (χ1) is 13.7. The maximum Gasteiger partial charge on any atom is 0.191 e. The van der Waals surface area contributed by atoms with Crippen LogP contribution in [0.1, 0.15) is 12.5 Å². The number of aromatic nitrogens is 1. The fourth-order valence-corrected chi connectivity index (χ4v) is 2.90. The van der Waals surface area contributed by atoms with Crippen LogP contribution in [0.2, 0.25) is 0 Å². The van der Waals surface area contributed by atoms with Crippen molar-refractivity contribution in [2.75, 3.05) is 20.7 Å². The van der Waals surface area contributed by atoms with Crippen molar-refractivity contribution in [1.29, 1.82) is 0 Å². The van der Waals surface area contributed by atoms with Crippen LogP contribution >= 0.6 is 24.0 Å². The molecule has 154 valence electrons. The number of methoxy groups -OCH3 is 1. The number of para-hydroxylation sites is 1. The molecule has 7 heteroatoms. The highest BCUT2D eigenvalue weighted by Gasteiger charge is 2.08. The Labute approximate surface area is 188 Å². The van der Waals surface area contributed by atoms with Crippen LogP contribution in [-0.4, -0.2) is 37.7 Å². The van der Waals surface area contributed by atoms with Gasteiger partial charge < -0.3 is 20.1 Å². The molecule has 1 aromatic heterocycles. The van der Waals surface area contributed by atoms with Crippen LogP contribution in [0, 0.1) is 0 Å². The molecule has 0 saturated carbocycles. The average Bonchev–Trinajstić information content (AvgIpc) is 2.74. The van der Waals surface area contributed by atoms with Crippen molar-refractivity contribution in [3.05, 3.63) is 66.4 Å². The van der Waals surface area contributed by atoms with Crippen LogP contribution in [0.4, 0.5) is 0 Å². The van der Waals surface area contributed by atoms with Gasteiger partial charge in [0.2, 0.25) is 0 Å². The van der Waals surface area contributed by atoms with E-state index in [-0.39, 0.29) is 30.1 Å². The summed E-state index contributed by atoms with van der Waals surface area (Å²) in [6.07, 6.45) is 1.78. The van der Waals surface area contributed by atoms with Crippen LogP contribution < -0.4 is 20.1 Å². The smallest absolute Gasteiger partial charge is 0.191 e. The zero-order valence-corrected chi connectivity index (χ0v) is 19.2. The van der Waals surface area contributed by atoms with Crippen LogP contribution in [0.25, 0.3) is 10.9 Å². The third-order valence-electron chi connectivity index (χ3n) is 4.32. The molecule has 0 bridgehead atoms. The second kappa shape index (κ2) is 11.5. The van der Waals surface area contributed by atoms with Gasteiger partial charge in [0.1, 0.15) is 17.6 Å². The summed E-state index contributed by atoms with van der Waals surface area (Å²) in [5, 5.41) is 7.77. The number of aliphatic imine (C=N–C) groups is 1. The Morgan fingerprint density at radius 1 is 1.07 bits per heavy atom. The standard InChI is InChI=1S/C22H26N4O2.HI/c1-16(28-20-11-5-10-19(13-20)27-3)14-25-22(23-2)26-15-18-8-4-7-17-9-6-12-24-21(17)18;/h4-13,16H,14-15H2,1-3H3,(H2,23,25,26);1H. The Bertz CT molecular complexity index is 944. The number of hydrogen-bond acceptors (Lipinski definition) is 4. The zero-order chi connectivity index (χ0) is 19.8. The maximum atomic E-state index is 5.94. The SMILES string of the molecule is CN=C(NCc1cccc2cccnc12)NCC(C)Oc1cccc(OC)c1.I. The molecule has 0 aliphatic carbocycles. The number of ether oxygens (including phenoxy) is 2. The maximum absolute atomic E-state index is 5.94. The van der Waals surface area contributed by atoms with E-state index < -0.39 is 0 Å². The first-order valence-electron chi connectivity index (χ1n) is 9.27. The minimum Gasteiger partial charge on any atom is -0.497 e. The van der Waals surface area contributed by atoms with Gasteiger partial charge in [0.25, 0.3) is 0 Å². The molecule has 0 aliphatic rings. The predicted octanol–water partition coefficient (Wildman–Crippen LogP) is 3.99. The monoisotopic (exact) mass is 506 g/mol. The lowest BCUT2D eigenvalue weighted by molar-refractivity contribution is 0.223. The lowest BCUT2D eigenvalue weighted by atomic mass is 10.1. The molecule has 3 rings (SSSR count). The highest BCUT2D eigenvalue weighted by atomic mass is 127. The Hall–Kier alpha value is -2.55. The molecule has 29 heavy (non-hydrogen) atoms. The van der Waals surface area contributed by atoms with E-state index in [9.17, 15) is 0 Å². The lowest BCUT2D eigenvalue weighted by Gasteiger charge is -2.18. The van der Waals surface area contributed by atoms with Crippen LogP contribution in [0.3, 0.4) is 0 Å². The third-order valence-corrected chi connectivity index (χ3v) is 4.32. The Kier molecular flexibility index (Phi) is 8.98. The fourth-order valence-electron chi connectivity index (χ4n) is 2.90. The van der Waals surface area contributed by atoms with Crippen molar-refractivity contribution in [3.8, 4) is 11.5 Å². The number of benzene rings is 2. The fraction of sp³-hybridized carbons (Fsp3) is 0.273. The minimum absolute atomic E-state index is 0. The van der Waals surface area contributed by atoms with Gasteiger partial charge in [-0.1, -0.05) is 30.3 Å². The second-order valence-electron chi connectivity index (χ2n) is 6.41. The van der Waals surface area contributed by atoms with Gasteiger partial charge in [0.15, 0.2) is 5.96 Å². The van der Waals surface area contributed by atoms with Gasteiger partial charge in [0.05, 0.1) is 19.2 Å². The van der Waals surface area contributed by atoms with Gasteiger partial charge >= 0.3 is 0 Å². The summed E-state index contributed by atoms with van der Waals surface area (Å²) in [5.41, 5.74) is 2.13. The summed E-state index contributed by atoms with van der Waals surface area (Å²) in [6.45, 7) is 3.26. The Balaban J connectivity index is 0.00000300. The summed E-state index contributed by atoms with van der Waals surface area (Å²) in [4.78, 5) is 8.78. The van der Waals surface area contributed by atoms with Crippen LogP contribution in [-0.2, 0) is 6.54 Å². The van der Waals surface area contributed by atoms with E-state index in [1.54, 1.807) is 14.2 Å². The average molecular weight is 506 g/mol. The van der Waals surface area contributed by atoms with Gasteiger partial charge in [0, 0.05) is 31.2 Å². The number of nitrogens with zero attached hydrogens (tertiary/aromatic N) is 2. The number of rotatable bonds is 7. The first kappa shape index (κ1) is 22.7. The summed E-state index contributed by atoms with van der Waals surface area (Å²) < 4.78 is 11.2. The molecule has 0 radical (unpaired) electrons. The number of guanidine groups is 1. The molecule has 1 unspecified atom stereocenters. The molecule has 0 saturated heterocycles. The van der Waals surface area contributed by atoms with Gasteiger partial charge in [-0.25, -0.2) is 0 Å². The minimum atomic E-state index is -0.0371. The molecule has 0 spiro atoms. The molecule has 2 N–H and O–H groups in total. The molecule has 2 aromatic carbocycles. The van der Waals surface area contributed by atoms with Gasteiger partial charge in [-0.05, 0) is 30.7 Å². The molecule has 6 nitrogen and oxygen atoms in total. The number of hydrogen-bond donors (Lipinski definition) is 2. The molecule has 0 amide bonds. The van der Waals surface area contributed by atoms with E-state index in [4.69, 9.17) is 9.47 Å². The van der Waals surface area contributed by atoms with E-state index in [0.717, 1.165) is 28.0 Å². The predicted molar refractivity (Wildman–Crippen MR) is 128 cm³/mol. The molecule has 0 fully saturated rings. The highest BCUT2D eigenvalue weighted by molar-refractivity contribution is 14.0. The van der Waals surface area contributed by atoms with E-state index >= 15 is 0 Å². The summed E-state index contributed by atoms with van der Waals surface area (Å²) in [6, 6.07) is 17.8. The summed E-state index contributed by atoms with van der Waals surface area (Å²) >= 11 is 0. The van der Waals surface area contributed by atoms with Gasteiger partial charge in [-0.3, -0.25) is 9.98 Å². The quantitative estimate of drug-likeness (QED) is 0.288. The van der Waals surface area contributed by atoms with E-state index in [1.807, 2.05) is 49.5 Å². The van der Waals surface area contributed by atoms with Crippen molar-refractivity contribution in [2.45, 2.75) is 19.6 Å². The molecular formula is C22H27IN4O2. The van der Waals surface area contributed by atoms with Crippen molar-refractivity contribution in [1.82, 2.24) is 15.6 Å². The van der Waals surface area contributed by atoms with E-state index in [2.05, 4.69) is 38.8 Å². The normalized spacial score (nSPS) is 12.0. The summed E-state index contributed by atoms with van der Waals surface area (Å²) in [7, 11) is 3.40.